The smallest absolute Gasteiger partial charge is 0.331 e. The van der Waals surface area contributed by atoms with Gasteiger partial charge in [-0.15, -0.1) is 0 Å². The third-order valence-electron chi connectivity index (χ3n) is 4.86. The molecule has 1 aliphatic rings. The van der Waals surface area contributed by atoms with Crippen molar-refractivity contribution in [2.24, 2.45) is 0 Å². The van der Waals surface area contributed by atoms with Gasteiger partial charge in [0.05, 0.1) is 28.1 Å². The van der Waals surface area contributed by atoms with Crippen molar-refractivity contribution in [2.45, 2.75) is 24.7 Å². The summed E-state index contributed by atoms with van der Waals surface area (Å²) in [6.45, 7) is 1.78. The molecule has 0 aromatic heterocycles. The number of fused-ring (bicyclic) bond motifs is 1. The Morgan fingerprint density at radius 3 is 2.54 bits per heavy atom. The number of non-ortho nitro benzene ring substituents is 1. The second-order valence-electron chi connectivity index (χ2n) is 7.53. The summed E-state index contributed by atoms with van der Waals surface area (Å²) in [4.78, 5) is 47.7. The van der Waals surface area contributed by atoms with Crippen molar-refractivity contribution >= 4 is 45.0 Å². The minimum absolute atomic E-state index is 0.0240. The lowest BCUT2D eigenvalue weighted by molar-refractivity contribution is -0.384. The van der Waals surface area contributed by atoms with E-state index < -0.39 is 32.9 Å². The zero-order valence-corrected chi connectivity index (χ0v) is 19.5. The van der Waals surface area contributed by atoms with E-state index in [4.69, 9.17) is 4.74 Å². The van der Waals surface area contributed by atoms with E-state index in [0.717, 1.165) is 12.5 Å². The summed E-state index contributed by atoms with van der Waals surface area (Å²) >= 11 is 0. The number of unbranched alkanes of at least 4 members (excludes halogenated alkanes) is 1. The molecule has 0 bridgehead atoms. The number of hydrogen-bond donors (Lipinski definition) is 3. The predicted octanol–water partition coefficient (Wildman–Crippen LogP) is 1.75. The summed E-state index contributed by atoms with van der Waals surface area (Å²) in [5.41, 5.74) is 0.366. The van der Waals surface area contributed by atoms with Crippen molar-refractivity contribution in [1.29, 1.82) is 0 Å². The van der Waals surface area contributed by atoms with Crippen molar-refractivity contribution in [2.75, 3.05) is 29.9 Å². The Labute approximate surface area is 200 Å². The monoisotopic (exact) mass is 505 g/mol. The van der Waals surface area contributed by atoms with Crippen LogP contribution in [0.5, 0.6) is 5.75 Å². The maximum atomic E-state index is 12.5. The number of nitro benzene ring substituents is 1. The Morgan fingerprint density at radius 2 is 1.89 bits per heavy atom. The number of ether oxygens (including phenoxy) is 1. The first-order valence-electron chi connectivity index (χ1n) is 10.5. The van der Waals surface area contributed by atoms with Crippen molar-refractivity contribution < 1.29 is 32.5 Å². The second-order valence-corrected chi connectivity index (χ2v) is 9.21. The van der Waals surface area contributed by atoms with Gasteiger partial charge in [-0.25, -0.2) is 22.7 Å². The van der Waals surface area contributed by atoms with Gasteiger partial charge in [-0.05, 0) is 36.8 Å². The van der Waals surface area contributed by atoms with Gasteiger partial charge in [0.15, 0.2) is 5.75 Å². The number of carbonyl (C=O) groups is 3. The Morgan fingerprint density at radius 1 is 1.17 bits per heavy atom. The fourth-order valence-corrected chi connectivity index (χ4v) is 4.11. The summed E-state index contributed by atoms with van der Waals surface area (Å²) in [6.07, 6.45) is 1.56. The number of nitrogens with zero attached hydrogens (tertiary/aromatic N) is 2. The van der Waals surface area contributed by atoms with Gasteiger partial charge < -0.3 is 20.3 Å². The van der Waals surface area contributed by atoms with Crippen LogP contribution in [-0.2, 0) is 19.6 Å². The fraction of sp³-hybridized carbons (Fsp3) is 0.286. The molecule has 1 heterocycles. The molecule has 0 saturated heterocycles. The third-order valence-corrected chi connectivity index (χ3v) is 6.21. The molecule has 3 rings (SSSR count). The van der Waals surface area contributed by atoms with Crippen LogP contribution in [0.4, 0.5) is 21.9 Å². The number of nitro groups is 1. The lowest BCUT2D eigenvalue weighted by Gasteiger charge is -2.28. The number of amides is 3. The molecule has 0 radical (unpaired) electrons. The average molecular weight is 506 g/mol. The van der Waals surface area contributed by atoms with E-state index in [0.29, 0.717) is 18.7 Å². The quantitative estimate of drug-likeness (QED) is 0.151. The van der Waals surface area contributed by atoms with E-state index in [2.05, 4.69) is 10.6 Å². The van der Waals surface area contributed by atoms with Crippen LogP contribution < -0.4 is 25.0 Å². The zero-order chi connectivity index (χ0) is 25.6. The first kappa shape index (κ1) is 25.4. The summed E-state index contributed by atoms with van der Waals surface area (Å²) in [6, 6.07) is 8.05. The van der Waals surface area contributed by atoms with E-state index in [9.17, 15) is 32.9 Å². The molecule has 3 amide bonds. The number of hydrogen-bond acceptors (Lipinski definition) is 9. The molecule has 35 heavy (non-hydrogen) atoms. The highest BCUT2D eigenvalue weighted by Crippen LogP contribution is 2.35. The molecule has 0 unspecified atom stereocenters. The molecule has 13 nitrogen and oxygen atoms in total. The summed E-state index contributed by atoms with van der Waals surface area (Å²) in [5.74, 6) is -1.22. The summed E-state index contributed by atoms with van der Waals surface area (Å²) in [5, 5.41) is 16.0. The van der Waals surface area contributed by atoms with Crippen molar-refractivity contribution in [3.05, 3.63) is 52.6 Å². The summed E-state index contributed by atoms with van der Waals surface area (Å²) in [7, 11) is -4.10. The minimum Gasteiger partial charge on any atom is -0.423 e. The highest BCUT2D eigenvalue weighted by molar-refractivity contribution is 7.90. The van der Waals surface area contributed by atoms with Crippen LogP contribution >= 0.6 is 0 Å². The van der Waals surface area contributed by atoms with E-state index >= 15 is 0 Å². The topological polar surface area (TPSA) is 177 Å². The highest BCUT2D eigenvalue weighted by atomic mass is 32.2. The Hall–Kier alpha value is -4.20. The molecule has 0 spiro atoms. The SMILES string of the molecule is CCCCNC(=O)NS(=O)(=O)c1ccc(NC(=O)CN2CC(=O)Oc3cc([N+](=O)[O-])ccc32)cc1. The first-order chi connectivity index (χ1) is 16.6. The van der Waals surface area contributed by atoms with E-state index in [1.807, 2.05) is 11.6 Å². The maximum absolute atomic E-state index is 12.5. The predicted molar refractivity (Wildman–Crippen MR) is 125 cm³/mol. The lowest BCUT2D eigenvalue weighted by atomic mass is 10.2. The Bertz CT molecular complexity index is 1250. The van der Waals surface area contributed by atoms with Crippen LogP contribution in [0.2, 0.25) is 0 Å². The van der Waals surface area contributed by atoms with Crippen LogP contribution in [0.3, 0.4) is 0 Å². The van der Waals surface area contributed by atoms with Crippen molar-refractivity contribution in [1.82, 2.24) is 10.0 Å². The van der Waals surface area contributed by atoms with Crippen LogP contribution in [0.25, 0.3) is 0 Å². The summed E-state index contributed by atoms with van der Waals surface area (Å²) < 4.78 is 31.6. The van der Waals surface area contributed by atoms with Crippen LogP contribution in [0, 0.1) is 10.1 Å². The molecule has 0 aliphatic carbocycles. The largest absolute Gasteiger partial charge is 0.423 e. The van der Waals surface area contributed by atoms with E-state index in [1.54, 1.807) is 0 Å². The van der Waals surface area contributed by atoms with Gasteiger partial charge in [-0.2, -0.15) is 0 Å². The van der Waals surface area contributed by atoms with Gasteiger partial charge in [0.2, 0.25) is 5.91 Å². The number of benzene rings is 2. The van der Waals surface area contributed by atoms with Gasteiger partial charge in [-0.1, -0.05) is 13.3 Å². The third kappa shape index (κ3) is 6.66. The average Bonchev–Trinajstić information content (AvgIpc) is 2.78. The second kappa shape index (κ2) is 10.8. The normalized spacial score (nSPS) is 12.8. The van der Waals surface area contributed by atoms with E-state index in [-0.39, 0.29) is 35.1 Å². The van der Waals surface area contributed by atoms with Gasteiger partial charge in [0, 0.05) is 18.3 Å². The zero-order valence-electron chi connectivity index (χ0n) is 18.6. The molecule has 14 heteroatoms. The molecule has 3 N–H and O–H groups in total. The maximum Gasteiger partial charge on any atom is 0.331 e. The number of rotatable bonds is 9. The molecule has 1 aliphatic heterocycles. The number of esters is 1. The number of anilines is 2. The molecule has 2 aromatic carbocycles. The minimum atomic E-state index is -4.10. The Balaban J connectivity index is 1.63. The molecule has 2 aromatic rings. The molecular formula is C21H23N5O8S. The van der Waals surface area contributed by atoms with Gasteiger partial charge >= 0.3 is 12.0 Å². The molecule has 0 atom stereocenters. The first-order valence-corrected chi connectivity index (χ1v) is 12.0. The Kier molecular flexibility index (Phi) is 7.86. The van der Waals surface area contributed by atoms with Crippen molar-refractivity contribution in [3.8, 4) is 5.75 Å². The lowest BCUT2D eigenvalue weighted by Crippen LogP contribution is -2.41. The highest BCUT2D eigenvalue weighted by Gasteiger charge is 2.27. The standard InChI is InChI=1S/C21H23N5O8S/c1-2-3-10-22-21(29)24-35(32,33)16-7-4-14(5-8-16)23-19(27)12-25-13-20(28)34-18-11-15(26(30)31)6-9-17(18)25/h4-9,11H,2-3,10,12-13H2,1H3,(H,23,27)(H2,22,24,29). The van der Waals surface area contributed by atoms with Gasteiger partial charge in [-0.3, -0.25) is 14.9 Å². The molecule has 186 valence electrons. The number of urea groups is 1. The van der Waals surface area contributed by atoms with Gasteiger partial charge in [0.25, 0.3) is 15.7 Å². The van der Waals surface area contributed by atoms with Gasteiger partial charge in [0.1, 0.15) is 6.54 Å². The van der Waals surface area contributed by atoms with Crippen molar-refractivity contribution in [3.63, 3.8) is 0 Å². The van der Waals surface area contributed by atoms with E-state index in [1.165, 1.54) is 41.3 Å². The van der Waals surface area contributed by atoms with Crippen LogP contribution in [0.15, 0.2) is 47.4 Å². The fourth-order valence-electron chi connectivity index (χ4n) is 3.18. The molecular weight excluding hydrogens is 482 g/mol. The number of sulfonamides is 1. The number of nitrogens with one attached hydrogen (secondary N) is 3. The van der Waals surface area contributed by atoms with Crippen LogP contribution in [-0.4, -0.2) is 50.9 Å². The van der Waals surface area contributed by atoms with Crippen LogP contribution in [0.1, 0.15) is 19.8 Å². The molecule has 0 fully saturated rings. The molecule has 0 saturated carbocycles. The number of carbonyl (C=O) groups excluding carboxylic acids is 3.